The van der Waals surface area contributed by atoms with E-state index in [-0.39, 0.29) is 5.91 Å². The van der Waals surface area contributed by atoms with Crippen molar-refractivity contribution in [1.29, 1.82) is 0 Å². The summed E-state index contributed by atoms with van der Waals surface area (Å²) in [6, 6.07) is -1.39. The predicted molar refractivity (Wildman–Crippen MR) is 55.0 cm³/mol. The minimum absolute atomic E-state index is 0.254. The molecule has 0 aliphatic heterocycles. The smallest absolute Gasteiger partial charge is 0.312 e. The Kier molecular flexibility index (Phi) is 3.81. The maximum absolute atomic E-state index is 11.7. The van der Waals surface area contributed by atoms with E-state index in [1.165, 1.54) is 11.2 Å². The quantitative estimate of drug-likeness (QED) is 0.599. The van der Waals surface area contributed by atoms with Crippen molar-refractivity contribution in [1.82, 2.24) is 25.4 Å². The largest absolute Gasteiger partial charge is 0.352 e. The van der Waals surface area contributed by atoms with Crippen LogP contribution >= 0.6 is 0 Å². The second-order valence-electron chi connectivity index (χ2n) is 3.36. The number of aromatic nitrogens is 3. The number of aromatic amines is 1. The van der Waals surface area contributed by atoms with E-state index in [1.54, 1.807) is 14.0 Å². The second-order valence-corrected chi connectivity index (χ2v) is 3.36. The number of urea groups is 1. The molecule has 1 heterocycles. The van der Waals surface area contributed by atoms with Crippen LogP contribution in [0.3, 0.4) is 0 Å². The number of primary amides is 1. The van der Waals surface area contributed by atoms with Gasteiger partial charge in [-0.2, -0.15) is 5.10 Å². The zero-order valence-electron chi connectivity index (χ0n) is 9.10. The number of nitrogens with zero attached hydrogens (tertiary/aromatic N) is 3. The molecule has 1 rings (SSSR count). The Morgan fingerprint density at radius 1 is 1.69 bits per heavy atom. The van der Waals surface area contributed by atoms with Gasteiger partial charge >= 0.3 is 6.03 Å². The molecule has 3 amide bonds. The van der Waals surface area contributed by atoms with Gasteiger partial charge in [0.25, 0.3) is 0 Å². The molecule has 0 radical (unpaired) electrons. The highest BCUT2D eigenvalue weighted by Gasteiger charge is 2.18. The number of carbonyl (C=O) groups excluding carboxylic acids is 2. The minimum atomic E-state index is -0.728. The van der Waals surface area contributed by atoms with Crippen LogP contribution in [-0.4, -0.2) is 45.1 Å². The molecule has 0 spiro atoms. The van der Waals surface area contributed by atoms with Crippen LogP contribution in [0, 0.1) is 0 Å². The number of likely N-dealkylation sites (N-methyl/N-ethyl adjacent to an activating group) is 1. The van der Waals surface area contributed by atoms with Crippen LogP contribution in [0.25, 0.3) is 0 Å². The summed E-state index contributed by atoms with van der Waals surface area (Å²) in [5, 5.41) is 8.60. The van der Waals surface area contributed by atoms with Crippen LogP contribution in [0.15, 0.2) is 6.33 Å². The minimum Gasteiger partial charge on any atom is -0.352 e. The standard InChI is InChI=1S/C8H14N6O2/c1-5(12-8(9)16)7(15)14(2)3-6-10-4-11-13-6/h4-5H,3H2,1-2H3,(H3,9,12,16)(H,10,11,13). The Morgan fingerprint density at radius 2 is 2.38 bits per heavy atom. The summed E-state index contributed by atoms with van der Waals surface area (Å²) < 4.78 is 0. The van der Waals surface area contributed by atoms with Gasteiger partial charge in [0.05, 0.1) is 6.54 Å². The lowest BCUT2D eigenvalue weighted by molar-refractivity contribution is -0.132. The summed E-state index contributed by atoms with van der Waals surface area (Å²) in [7, 11) is 1.60. The van der Waals surface area contributed by atoms with E-state index in [0.29, 0.717) is 12.4 Å². The SMILES string of the molecule is CC(NC(N)=O)C(=O)N(C)Cc1ncn[nH]1. The van der Waals surface area contributed by atoms with E-state index in [9.17, 15) is 9.59 Å². The summed E-state index contributed by atoms with van der Waals surface area (Å²) in [5.74, 6) is 0.317. The maximum atomic E-state index is 11.7. The van der Waals surface area contributed by atoms with Gasteiger partial charge in [0.15, 0.2) is 0 Å². The molecule has 8 heteroatoms. The molecule has 1 atom stereocenters. The average molecular weight is 226 g/mol. The van der Waals surface area contributed by atoms with E-state index in [4.69, 9.17) is 5.73 Å². The number of hydrogen-bond acceptors (Lipinski definition) is 4. The summed E-state index contributed by atoms with van der Waals surface area (Å²) in [5.41, 5.74) is 4.92. The fraction of sp³-hybridized carbons (Fsp3) is 0.500. The lowest BCUT2D eigenvalue weighted by atomic mass is 10.3. The third-order valence-corrected chi connectivity index (χ3v) is 1.96. The molecule has 16 heavy (non-hydrogen) atoms. The zero-order valence-corrected chi connectivity index (χ0v) is 9.10. The molecule has 0 aliphatic carbocycles. The highest BCUT2D eigenvalue weighted by atomic mass is 16.2. The van der Waals surface area contributed by atoms with Gasteiger partial charge in [-0.15, -0.1) is 0 Å². The van der Waals surface area contributed by atoms with E-state index in [0.717, 1.165) is 0 Å². The van der Waals surface area contributed by atoms with Gasteiger partial charge in [-0.1, -0.05) is 0 Å². The van der Waals surface area contributed by atoms with Gasteiger partial charge in [-0.3, -0.25) is 9.89 Å². The number of nitrogens with one attached hydrogen (secondary N) is 2. The molecule has 0 aromatic carbocycles. The molecule has 4 N–H and O–H groups in total. The molecular weight excluding hydrogens is 212 g/mol. The lowest BCUT2D eigenvalue weighted by Gasteiger charge is -2.20. The molecular formula is C8H14N6O2. The molecule has 0 bridgehead atoms. The molecule has 0 saturated heterocycles. The van der Waals surface area contributed by atoms with E-state index in [1.807, 2.05) is 0 Å². The maximum Gasteiger partial charge on any atom is 0.312 e. The first-order valence-corrected chi connectivity index (χ1v) is 4.66. The topological polar surface area (TPSA) is 117 Å². The van der Waals surface area contributed by atoms with E-state index in [2.05, 4.69) is 20.5 Å². The van der Waals surface area contributed by atoms with Crippen molar-refractivity contribution in [2.24, 2.45) is 5.73 Å². The first-order valence-electron chi connectivity index (χ1n) is 4.66. The number of H-pyrrole nitrogens is 1. The fourth-order valence-corrected chi connectivity index (χ4v) is 1.22. The first-order chi connectivity index (χ1) is 7.50. The Balaban J connectivity index is 2.50. The van der Waals surface area contributed by atoms with Crippen LogP contribution < -0.4 is 11.1 Å². The number of hydrogen-bond donors (Lipinski definition) is 3. The average Bonchev–Trinajstić information content (AvgIpc) is 2.68. The highest BCUT2D eigenvalue weighted by Crippen LogP contribution is 1.97. The highest BCUT2D eigenvalue weighted by molar-refractivity contribution is 5.85. The molecule has 88 valence electrons. The van der Waals surface area contributed by atoms with Gasteiger partial charge in [-0.25, -0.2) is 9.78 Å². The van der Waals surface area contributed by atoms with Crippen LogP contribution in [0.4, 0.5) is 4.79 Å². The predicted octanol–water partition coefficient (Wildman–Crippen LogP) is -1.18. The second kappa shape index (κ2) is 5.10. The molecule has 1 aromatic rings. The number of nitrogens with two attached hydrogens (primary N) is 1. The summed E-state index contributed by atoms with van der Waals surface area (Å²) in [6.45, 7) is 1.85. The summed E-state index contributed by atoms with van der Waals surface area (Å²) in [4.78, 5) is 27.6. The monoisotopic (exact) mass is 226 g/mol. The number of carbonyl (C=O) groups is 2. The van der Waals surface area contributed by atoms with Crippen LogP contribution in [-0.2, 0) is 11.3 Å². The van der Waals surface area contributed by atoms with Gasteiger partial charge in [0.1, 0.15) is 18.2 Å². The van der Waals surface area contributed by atoms with Gasteiger partial charge in [0, 0.05) is 7.05 Å². The molecule has 0 saturated carbocycles. The van der Waals surface area contributed by atoms with E-state index >= 15 is 0 Å². The number of amides is 3. The Hall–Kier alpha value is -2.12. The third kappa shape index (κ3) is 3.23. The zero-order chi connectivity index (χ0) is 12.1. The third-order valence-electron chi connectivity index (χ3n) is 1.96. The molecule has 1 unspecified atom stereocenters. The molecule has 0 fully saturated rings. The Bertz CT molecular complexity index is 363. The van der Waals surface area contributed by atoms with Crippen molar-refractivity contribution in [3.8, 4) is 0 Å². The van der Waals surface area contributed by atoms with Gasteiger partial charge < -0.3 is 16.0 Å². The first kappa shape index (κ1) is 12.0. The Morgan fingerprint density at radius 3 is 2.88 bits per heavy atom. The lowest BCUT2D eigenvalue weighted by Crippen LogP contribution is -2.47. The van der Waals surface area contributed by atoms with Crippen molar-refractivity contribution >= 4 is 11.9 Å². The van der Waals surface area contributed by atoms with Crippen LogP contribution in [0.1, 0.15) is 12.7 Å². The van der Waals surface area contributed by atoms with Crippen molar-refractivity contribution in [2.75, 3.05) is 7.05 Å². The van der Waals surface area contributed by atoms with Crippen molar-refractivity contribution < 1.29 is 9.59 Å². The van der Waals surface area contributed by atoms with Gasteiger partial charge in [-0.05, 0) is 6.92 Å². The van der Waals surface area contributed by atoms with Gasteiger partial charge in [0.2, 0.25) is 5.91 Å². The van der Waals surface area contributed by atoms with E-state index < -0.39 is 12.1 Å². The summed E-state index contributed by atoms with van der Waals surface area (Å²) >= 11 is 0. The van der Waals surface area contributed by atoms with Crippen LogP contribution in [0.2, 0.25) is 0 Å². The number of rotatable bonds is 4. The Labute approximate surface area is 92.2 Å². The van der Waals surface area contributed by atoms with Crippen molar-refractivity contribution in [3.63, 3.8) is 0 Å². The normalized spacial score (nSPS) is 11.9. The van der Waals surface area contributed by atoms with Crippen molar-refractivity contribution in [2.45, 2.75) is 19.5 Å². The molecule has 0 aliphatic rings. The molecule has 8 nitrogen and oxygen atoms in total. The fourth-order valence-electron chi connectivity index (χ4n) is 1.22. The summed E-state index contributed by atoms with van der Waals surface area (Å²) in [6.07, 6.45) is 1.36. The molecule has 1 aromatic heterocycles. The van der Waals surface area contributed by atoms with Crippen LogP contribution in [0.5, 0.6) is 0 Å². The van der Waals surface area contributed by atoms with Crippen molar-refractivity contribution in [3.05, 3.63) is 12.2 Å².